The molecule has 0 aromatic carbocycles. The van der Waals surface area contributed by atoms with Crippen LogP contribution in [0.15, 0.2) is 0 Å². The summed E-state index contributed by atoms with van der Waals surface area (Å²) in [6, 6.07) is 0. The summed E-state index contributed by atoms with van der Waals surface area (Å²) in [5.74, 6) is 0. The zero-order valence-corrected chi connectivity index (χ0v) is 38.8. The molecule has 0 spiro atoms. The van der Waals surface area contributed by atoms with E-state index in [1.807, 2.05) is 0 Å². The fourth-order valence-electron chi connectivity index (χ4n) is 11.3. The van der Waals surface area contributed by atoms with Gasteiger partial charge in [-0.3, -0.25) is 0 Å². The Bertz CT molecular complexity index is 776. The van der Waals surface area contributed by atoms with Gasteiger partial charge in [-0.1, -0.05) is 120 Å². The van der Waals surface area contributed by atoms with Crippen LogP contribution in [0, 0.1) is 10.8 Å². The van der Waals surface area contributed by atoms with Gasteiger partial charge in [0.2, 0.25) is 0 Å². The molecule has 0 radical (unpaired) electrons. The van der Waals surface area contributed by atoms with Crippen LogP contribution in [0.4, 0.5) is 0 Å². The predicted octanol–water partition coefficient (Wildman–Crippen LogP) is 9.99. The SMILES string of the molecule is CC(C)(C)C1(O[Si](C)(C)C)C(O[Si](C)(C)C)(C(C)(C)C)[Si]([Si](C)(C)C)([Si](C)(C)C)[Si]1([Si](C)(C)C)[Si](C)(C)C. The van der Waals surface area contributed by atoms with Crippen molar-refractivity contribution >= 4 is 60.3 Å². The van der Waals surface area contributed by atoms with E-state index in [-0.39, 0.29) is 21.3 Å². The maximum absolute atomic E-state index is 8.28. The van der Waals surface area contributed by atoms with E-state index in [0.717, 1.165) is 0 Å². The molecule has 1 saturated heterocycles. The molecule has 1 rings (SSSR count). The van der Waals surface area contributed by atoms with Gasteiger partial charge in [0, 0.05) is 30.4 Å². The zero-order chi connectivity index (χ0) is 31.4. The van der Waals surface area contributed by atoms with Crippen LogP contribution in [0.3, 0.4) is 0 Å². The third kappa shape index (κ3) is 4.71. The Balaban J connectivity index is 5.18. The molecular weight excluding hydrogens is 593 g/mol. The number of hydrogen-bond acceptors (Lipinski definition) is 2. The van der Waals surface area contributed by atoms with Gasteiger partial charge in [-0.25, -0.2) is 0 Å². The highest BCUT2D eigenvalue weighted by Crippen LogP contribution is 2.77. The minimum Gasteiger partial charge on any atom is -0.413 e. The number of rotatable bonds is 8. The highest BCUT2D eigenvalue weighted by molar-refractivity contribution is 8.12. The molecule has 1 aliphatic rings. The molecule has 38 heavy (non-hydrogen) atoms. The van der Waals surface area contributed by atoms with Crippen LogP contribution in [-0.2, 0) is 8.85 Å². The van der Waals surface area contributed by atoms with E-state index in [1.54, 1.807) is 0 Å². The molecule has 1 heterocycles. The first-order valence-electron chi connectivity index (χ1n) is 15.3. The third-order valence-corrected chi connectivity index (χ3v) is 140. The van der Waals surface area contributed by atoms with Gasteiger partial charge in [0.1, 0.15) is 0 Å². The Hall–Kier alpha value is 1.66. The Morgan fingerprint density at radius 3 is 0.605 bits per heavy atom. The quantitative estimate of drug-likeness (QED) is 0.241. The van der Waals surface area contributed by atoms with Crippen molar-refractivity contribution in [1.29, 1.82) is 0 Å². The van der Waals surface area contributed by atoms with Crippen molar-refractivity contribution in [1.82, 2.24) is 0 Å². The van der Waals surface area contributed by atoms with Crippen molar-refractivity contribution in [2.24, 2.45) is 10.8 Å². The standard InChI is InChI=1S/C28H72O2Si8/c1-25(2,3)27(29-31(7,8)9)28(26(4,5)6,30-32(10,11)12)38(35(19,20)21,36(22,23)24)37(27,33(13,14)15)34(16,17)18/h1-24H3. The van der Waals surface area contributed by atoms with E-state index in [4.69, 9.17) is 8.85 Å². The summed E-state index contributed by atoms with van der Waals surface area (Å²) in [6.07, 6.45) is 0. The van der Waals surface area contributed by atoms with E-state index in [2.05, 4.69) is 159 Å². The van der Waals surface area contributed by atoms with Gasteiger partial charge in [-0.05, 0) is 50.1 Å². The Kier molecular flexibility index (Phi) is 9.50. The second kappa shape index (κ2) is 9.58. The molecule has 0 aromatic rings. The average molecular weight is 666 g/mol. The van der Waals surface area contributed by atoms with Gasteiger partial charge in [-0.2, -0.15) is 0 Å². The Morgan fingerprint density at radius 1 is 0.368 bits per heavy atom. The van der Waals surface area contributed by atoms with Crippen molar-refractivity contribution in [3.05, 3.63) is 0 Å². The highest BCUT2D eigenvalue weighted by atomic mass is 30.2. The van der Waals surface area contributed by atoms with E-state index < -0.39 is 60.3 Å². The first-order valence-corrected chi connectivity index (χ1v) is 45.1. The van der Waals surface area contributed by atoms with Crippen molar-refractivity contribution in [3.63, 3.8) is 0 Å². The third-order valence-electron chi connectivity index (χ3n) is 9.65. The first kappa shape index (κ1) is 37.7. The van der Waals surface area contributed by atoms with Crippen LogP contribution in [0.1, 0.15) is 41.5 Å². The van der Waals surface area contributed by atoms with E-state index in [9.17, 15) is 0 Å². The lowest BCUT2D eigenvalue weighted by atomic mass is 9.74. The summed E-state index contributed by atoms with van der Waals surface area (Å²) >= 11 is 0. The smallest absolute Gasteiger partial charge is 0.184 e. The normalized spacial score (nSPS) is 27.8. The first-order chi connectivity index (χ1) is 15.9. The molecule has 1 aliphatic heterocycles. The van der Waals surface area contributed by atoms with Crippen LogP contribution in [0.25, 0.3) is 0 Å². The van der Waals surface area contributed by atoms with Crippen LogP contribution < -0.4 is 0 Å². The molecule has 0 aliphatic carbocycles. The summed E-state index contributed by atoms with van der Waals surface area (Å²) in [5, 5.41) is -0.310. The molecule has 0 amide bonds. The summed E-state index contributed by atoms with van der Waals surface area (Å²) in [6.45, 7) is 60.2. The molecule has 2 atom stereocenters. The van der Waals surface area contributed by atoms with Gasteiger partial charge in [0.15, 0.2) is 16.6 Å². The van der Waals surface area contributed by atoms with Crippen molar-refractivity contribution < 1.29 is 8.85 Å². The minimum absolute atomic E-state index is 0.0167. The summed E-state index contributed by atoms with van der Waals surface area (Å²) in [4.78, 5) is 0. The van der Waals surface area contributed by atoms with Crippen molar-refractivity contribution in [2.75, 3.05) is 0 Å². The van der Waals surface area contributed by atoms with E-state index >= 15 is 0 Å². The highest BCUT2D eigenvalue weighted by Gasteiger charge is 3.02. The van der Waals surface area contributed by atoms with E-state index in [0.29, 0.717) is 0 Å². The molecule has 228 valence electrons. The van der Waals surface area contributed by atoms with Crippen LogP contribution in [-0.4, -0.2) is 70.7 Å². The lowest BCUT2D eigenvalue weighted by molar-refractivity contribution is -0.149. The predicted molar refractivity (Wildman–Crippen MR) is 198 cm³/mol. The molecule has 0 N–H and O–H groups in total. The molecule has 0 aromatic heterocycles. The average Bonchev–Trinajstić information content (AvgIpc) is 2.45. The summed E-state index contributed by atoms with van der Waals surface area (Å²) in [7, 11) is -10.9. The van der Waals surface area contributed by atoms with Gasteiger partial charge in [0.05, 0.1) is 23.7 Å². The fourth-order valence-corrected chi connectivity index (χ4v) is 261. The second-order valence-electron chi connectivity index (χ2n) is 20.8. The topological polar surface area (TPSA) is 18.5 Å². The fraction of sp³-hybridized carbons (Fsp3) is 1.00. The summed E-state index contributed by atoms with van der Waals surface area (Å²) in [5.41, 5.74) is 0.0333. The maximum atomic E-state index is 8.28. The zero-order valence-electron chi connectivity index (χ0n) is 30.8. The minimum atomic E-state index is -2.12. The lowest BCUT2D eigenvalue weighted by Gasteiger charge is -2.95. The molecule has 10 heteroatoms. The van der Waals surface area contributed by atoms with Gasteiger partial charge >= 0.3 is 0 Å². The molecule has 2 nitrogen and oxygen atoms in total. The van der Waals surface area contributed by atoms with Crippen molar-refractivity contribution in [2.45, 2.75) is 170 Å². The summed E-state index contributed by atoms with van der Waals surface area (Å²) < 4.78 is 16.6. The monoisotopic (exact) mass is 664 g/mol. The number of hydrogen-bond donors (Lipinski definition) is 0. The Labute approximate surface area is 248 Å². The largest absolute Gasteiger partial charge is 0.413 e. The van der Waals surface area contributed by atoms with Gasteiger partial charge in [-0.15, -0.1) is 0 Å². The van der Waals surface area contributed by atoms with Gasteiger partial charge < -0.3 is 8.85 Å². The molecule has 1 fully saturated rings. The molecule has 0 bridgehead atoms. The van der Waals surface area contributed by atoms with Gasteiger partial charge in [0.25, 0.3) is 0 Å². The van der Waals surface area contributed by atoms with E-state index in [1.165, 1.54) is 0 Å². The Morgan fingerprint density at radius 2 is 0.526 bits per heavy atom. The van der Waals surface area contributed by atoms with Crippen LogP contribution >= 0.6 is 0 Å². The van der Waals surface area contributed by atoms with Crippen LogP contribution in [0.5, 0.6) is 0 Å². The lowest BCUT2D eigenvalue weighted by Crippen LogP contribution is -3.22. The molecular formula is C28H72O2Si8. The van der Waals surface area contributed by atoms with Crippen LogP contribution in [0.2, 0.25) is 118 Å². The van der Waals surface area contributed by atoms with Crippen molar-refractivity contribution in [3.8, 4) is 0 Å². The molecule has 2 unspecified atom stereocenters. The second-order valence-corrected chi connectivity index (χ2v) is 92.6. The molecule has 0 saturated carbocycles. The maximum Gasteiger partial charge on any atom is 0.184 e.